The van der Waals surface area contributed by atoms with Crippen LogP contribution in [0.3, 0.4) is 0 Å². The van der Waals surface area contributed by atoms with Crippen molar-refractivity contribution in [1.82, 2.24) is 44.7 Å². The molecule has 0 unspecified atom stereocenters. The number of cyclic esters (lactones) is 1. The van der Waals surface area contributed by atoms with Gasteiger partial charge in [0, 0.05) is 95.7 Å². The first-order valence-electron chi connectivity index (χ1n) is 45.5. The number of nitrogens with zero attached hydrogens (tertiary/aromatic N) is 8. The van der Waals surface area contributed by atoms with Crippen LogP contribution in [-0.2, 0) is 100 Å². The maximum atomic E-state index is 14.8. The first-order valence-corrected chi connectivity index (χ1v) is 45.5. The molecule has 11 rings (SSSR count). The maximum absolute atomic E-state index is 14.8. The van der Waals surface area contributed by atoms with Gasteiger partial charge in [-0.2, -0.15) is 10.1 Å². The average molecular weight is 1800 g/mol. The van der Waals surface area contributed by atoms with Crippen LogP contribution < -0.4 is 28.3 Å². The highest BCUT2D eigenvalue weighted by molar-refractivity contribution is 6.39. The number of Topliss-reactive ketones (excluding diaryl/α,β-unsaturated/α-hetero) is 2. The van der Waals surface area contributed by atoms with Crippen LogP contribution in [0.15, 0.2) is 94.7 Å². The number of allylic oxidation sites excluding steroid dienone is 5. The number of piperidine rings is 2. The van der Waals surface area contributed by atoms with Gasteiger partial charge in [0.15, 0.2) is 17.0 Å². The molecule has 4 fully saturated rings. The molecule has 0 radical (unpaired) electrons. The van der Waals surface area contributed by atoms with Gasteiger partial charge in [-0.15, -0.1) is 0 Å². The minimum Gasteiger partial charge on any atom is -0.459 e. The summed E-state index contributed by atoms with van der Waals surface area (Å²) < 4.78 is 71.6. The number of hydrogen-bond acceptors (Lipinski definition) is 31. The van der Waals surface area contributed by atoms with E-state index in [1.165, 1.54) is 23.9 Å². The number of nitrogen functional groups attached to an aromatic ring is 2. The number of aliphatic hydroxyl groups is 4. The molecule has 16 atom stereocenters. The lowest BCUT2D eigenvalue weighted by molar-refractivity contribution is -0.265. The molecule has 36 nitrogen and oxygen atoms in total. The molecule has 3 aromatic heterocycles. The Bertz CT molecular complexity index is 4680. The van der Waals surface area contributed by atoms with Crippen LogP contribution in [-0.4, -0.2) is 300 Å². The van der Waals surface area contributed by atoms with Crippen LogP contribution in [0.2, 0.25) is 0 Å². The number of benzene rings is 2. The quantitative estimate of drug-likeness (QED) is 0.0102. The number of rotatable bonds is 31. The smallest absolute Gasteiger partial charge is 0.410 e. The summed E-state index contributed by atoms with van der Waals surface area (Å²) in [5.41, 5.74) is 32.2. The lowest BCUT2D eigenvalue weighted by Crippen LogP contribution is -2.61. The number of oxazole rings is 1. The highest BCUT2D eigenvalue weighted by Crippen LogP contribution is 2.40. The van der Waals surface area contributed by atoms with Gasteiger partial charge >= 0.3 is 12.1 Å². The van der Waals surface area contributed by atoms with E-state index in [2.05, 4.69) is 32.4 Å². The largest absolute Gasteiger partial charge is 0.459 e. The van der Waals surface area contributed by atoms with Gasteiger partial charge in [-0.25, -0.2) is 24.2 Å². The molecule has 2 bridgehead atoms. The van der Waals surface area contributed by atoms with Gasteiger partial charge in [-0.05, 0) is 155 Å². The van der Waals surface area contributed by atoms with Crippen molar-refractivity contribution in [3.63, 3.8) is 0 Å². The van der Waals surface area contributed by atoms with Crippen LogP contribution in [0.4, 0.5) is 16.6 Å². The summed E-state index contributed by atoms with van der Waals surface area (Å²) in [4.78, 5) is 115. The van der Waals surface area contributed by atoms with Crippen molar-refractivity contribution in [3.8, 4) is 11.3 Å². The molecule has 0 spiro atoms. The van der Waals surface area contributed by atoms with Gasteiger partial charge in [0.05, 0.1) is 128 Å². The Balaban J connectivity index is 0.539. The van der Waals surface area contributed by atoms with Gasteiger partial charge in [-0.3, -0.25) is 24.0 Å². The third-order valence-electron chi connectivity index (χ3n) is 25.8. The van der Waals surface area contributed by atoms with Crippen molar-refractivity contribution in [2.75, 3.05) is 138 Å². The molecule has 5 aromatic rings. The zero-order valence-electron chi connectivity index (χ0n) is 75.8. The summed E-state index contributed by atoms with van der Waals surface area (Å²) in [5.74, 6) is -8.63. The van der Waals surface area contributed by atoms with E-state index in [1.807, 2.05) is 72.0 Å². The second kappa shape index (κ2) is 48.4. The monoisotopic (exact) mass is 1800 g/mol. The van der Waals surface area contributed by atoms with Crippen molar-refractivity contribution < 1.29 is 111 Å². The average Bonchev–Trinajstić information content (AvgIpc) is 1.69. The van der Waals surface area contributed by atoms with Crippen molar-refractivity contribution in [2.45, 2.75) is 230 Å². The number of nitrogens with two attached hydrogens (primary N) is 4. The van der Waals surface area contributed by atoms with Crippen molar-refractivity contribution in [3.05, 3.63) is 107 Å². The molecular formula is C93H135N13O23. The number of likely N-dealkylation sites (tertiary alicyclic amines) is 1. The molecule has 36 heteroatoms. The maximum Gasteiger partial charge on any atom is 0.410 e. The normalized spacial score (nSPS) is 27.8. The Hall–Kier alpha value is -9.09. The number of methoxy groups -OCH3 is 2. The standard InChI is InChI=1S/C93H135N13O23/c1-57-14-10-9-11-15-58(2)75(118-7)52-68-22-17-62(6)93(117,129-68)84(112)87(113)105-30-13-12-16-71(105)88(114)126-76(53-72(107)59(3)47-61(5)82(110)83(111)81(109)60(4)46-57)69(94)49-63-19-23-74(77(50-63)119-8)128-91(116)103-32-27-92(97,28-33-103)89(115)98-29-35-121-37-39-123-41-43-125-45-44-124-42-40-122-38-36-120-34-26-78(108)104-31-25-65-48-64(18-20-67(65)55-104)54-106-86-79(85(95)99-56-100-86)80(102-106)66-21-24-73-70(51-66)101-90(96)127-73/h9-11,14-15,18,20-21,24,47-48,51,56-57,59-60,62-63,68-69,71-72,74-77,82-83,107,110-111,117H,12-13,16-17,19,22-23,25-46,49-50,52-55,94,97H2,1-8H3,(H2,96,101)(H,98,115)(H2,95,99,100)/b11-9?,14-10+,58-15?,61-47+/t57-,59-,60-,62-,63+,68+,69-,71+,72-,74-,75+,76+,77-,82-,83+,93-/m1/s1. The van der Waals surface area contributed by atoms with Crippen LogP contribution in [0.1, 0.15) is 155 Å². The number of amides is 4. The highest BCUT2D eigenvalue weighted by atomic mass is 16.6. The van der Waals surface area contributed by atoms with E-state index in [9.17, 15) is 54.0 Å². The molecule has 4 amide bonds. The summed E-state index contributed by atoms with van der Waals surface area (Å²) in [7, 11) is 3.07. The van der Waals surface area contributed by atoms with Crippen molar-refractivity contribution in [2.24, 2.45) is 41.1 Å². The predicted molar refractivity (Wildman–Crippen MR) is 477 cm³/mol. The first kappa shape index (κ1) is 100. The minimum atomic E-state index is -2.51. The Morgan fingerprint density at radius 1 is 0.713 bits per heavy atom. The summed E-state index contributed by atoms with van der Waals surface area (Å²) in [6, 6.07) is 9.68. The molecule has 1 saturated carbocycles. The highest BCUT2D eigenvalue weighted by Gasteiger charge is 2.54. The number of hydrogen-bond donors (Lipinski definition) is 9. The molecule has 710 valence electrons. The van der Waals surface area contributed by atoms with Crippen molar-refractivity contribution in [1.29, 1.82) is 0 Å². The van der Waals surface area contributed by atoms with Crippen LogP contribution >= 0.6 is 0 Å². The van der Waals surface area contributed by atoms with Crippen LogP contribution in [0.25, 0.3) is 33.4 Å². The molecular weight excluding hydrogens is 1670 g/mol. The Labute approximate surface area is 753 Å². The number of carbonyl (C=O) groups excluding carboxylic acids is 7. The van der Waals surface area contributed by atoms with Gasteiger partial charge in [0.25, 0.3) is 17.7 Å². The molecule has 3 saturated heterocycles. The fourth-order valence-corrected chi connectivity index (χ4v) is 17.9. The Morgan fingerprint density at radius 3 is 2.11 bits per heavy atom. The van der Waals surface area contributed by atoms with Gasteiger partial charge < -0.3 is 120 Å². The van der Waals surface area contributed by atoms with Gasteiger partial charge in [0.1, 0.15) is 53.8 Å². The molecule has 8 heterocycles. The minimum absolute atomic E-state index is 0.00374. The van der Waals surface area contributed by atoms with Gasteiger partial charge in [0.2, 0.25) is 17.6 Å². The topological polar surface area (TPSA) is 497 Å². The number of carbonyl (C=O) groups is 7. The molecule has 2 aromatic carbocycles. The van der Waals surface area contributed by atoms with Crippen LogP contribution in [0, 0.1) is 29.6 Å². The molecule has 13 N–H and O–H groups in total. The second-order valence-corrected chi connectivity index (χ2v) is 35.3. The number of aromatic nitrogens is 5. The van der Waals surface area contributed by atoms with E-state index in [1.54, 1.807) is 46.9 Å². The van der Waals surface area contributed by atoms with E-state index < -0.39 is 120 Å². The number of nitrogens with one attached hydrogen (secondary N) is 1. The Kier molecular flexibility index (Phi) is 37.7. The summed E-state index contributed by atoms with van der Waals surface area (Å²) >= 11 is 0. The third kappa shape index (κ3) is 27.3. The Morgan fingerprint density at radius 2 is 1.41 bits per heavy atom. The van der Waals surface area contributed by atoms with E-state index in [0.29, 0.717) is 171 Å². The van der Waals surface area contributed by atoms with E-state index in [-0.39, 0.29) is 120 Å². The van der Waals surface area contributed by atoms with Crippen LogP contribution in [0.5, 0.6) is 0 Å². The fourth-order valence-electron chi connectivity index (χ4n) is 17.9. The molecule has 129 heavy (non-hydrogen) atoms. The third-order valence-corrected chi connectivity index (χ3v) is 25.8. The lowest BCUT2D eigenvalue weighted by atomic mass is 9.80. The predicted octanol–water partition coefficient (Wildman–Crippen LogP) is 6.30. The zero-order valence-corrected chi connectivity index (χ0v) is 75.8. The summed E-state index contributed by atoms with van der Waals surface area (Å²) in [5, 5.41) is 55.2. The number of fused-ring (bicyclic) bond motifs is 6. The second-order valence-electron chi connectivity index (χ2n) is 35.3. The van der Waals surface area contributed by atoms with Crippen molar-refractivity contribution >= 4 is 75.3 Å². The fraction of sp³-hybridized carbons (Fsp3) is 0.645. The molecule has 6 aliphatic rings. The molecule has 5 aliphatic heterocycles. The van der Waals surface area contributed by atoms with Gasteiger partial charge in [-0.1, -0.05) is 82.4 Å². The summed E-state index contributed by atoms with van der Waals surface area (Å²) in [6.07, 6.45) is 8.72. The van der Waals surface area contributed by atoms with E-state index in [0.717, 1.165) is 33.6 Å². The number of esters is 1. The summed E-state index contributed by atoms with van der Waals surface area (Å²) in [6.45, 7) is 16.5. The lowest BCUT2D eigenvalue weighted by Gasteiger charge is -2.43. The number of aliphatic hydroxyl groups excluding tert-OH is 3. The number of anilines is 2. The zero-order chi connectivity index (χ0) is 92.5. The first-order chi connectivity index (χ1) is 61.9. The number of ketones is 2. The molecule has 1 aliphatic carbocycles. The van der Waals surface area contributed by atoms with E-state index >= 15 is 0 Å². The van der Waals surface area contributed by atoms with E-state index in [4.69, 9.17) is 84.6 Å². The SMILES string of the molecule is CO[C@H]1C[C@@H]2CC[C@@H](C)[C@@](O)(O2)C(=O)C(=O)N2CCCC[C@H]2C(=O)O[C@H]([C@H](N)C[C@@H]2CC[C@@H](OC(=O)N3CCC(N)(C(=O)NCCOCCOCCOCCOCCOCCOCCC(=O)N4CCc5cc(Cn6nc(-c7ccc8oc(N)nc8c7)c7c(N)ncnc76)ccc5C4)CC3)[C@H](OC)C2)C[C@@H](O)[C@H](C)/C=C(\C)[C@@H](O)[C@@H](O)C(=O)[C@H](C)C[C@H](C)/C=C/C=CC=C1C. The number of ether oxygens (including phenoxy) is 11.